The number of piperidine rings is 1. The molecule has 0 atom stereocenters. The fourth-order valence-corrected chi connectivity index (χ4v) is 5.84. The number of thiophene rings is 1. The predicted octanol–water partition coefficient (Wildman–Crippen LogP) is 6.28. The van der Waals surface area contributed by atoms with Gasteiger partial charge in [0, 0.05) is 34.9 Å². The molecule has 36 heavy (non-hydrogen) atoms. The van der Waals surface area contributed by atoms with Crippen LogP contribution in [0.15, 0.2) is 66.3 Å². The Morgan fingerprint density at radius 1 is 0.889 bits per heavy atom. The maximum absolute atomic E-state index is 5.01. The van der Waals surface area contributed by atoms with E-state index in [-0.39, 0.29) is 0 Å². The van der Waals surface area contributed by atoms with E-state index in [0.717, 1.165) is 51.1 Å². The Hall–Kier alpha value is -3.88. The first-order valence-corrected chi connectivity index (χ1v) is 13.2. The predicted molar refractivity (Wildman–Crippen MR) is 145 cm³/mol. The number of nitrogens with one attached hydrogen (secondary N) is 2. The lowest BCUT2D eigenvalue weighted by atomic mass is 10.1. The van der Waals surface area contributed by atoms with Gasteiger partial charge in [0.05, 0.1) is 22.2 Å². The number of H-pyrrole nitrogens is 2. The van der Waals surface area contributed by atoms with Gasteiger partial charge in [-0.25, -0.2) is 9.97 Å². The van der Waals surface area contributed by atoms with E-state index in [9.17, 15) is 0 Å². The van der Waals surface area contributed by atoms with Gasteiger partial charge in [-0.15, -0.1) is 11.3 Å². The van der Waals surface area contributed by atoms with E-state index < -0.39 is 0 Å². The average Bonchev–Trinajstić information content (AvgIpc) is 3.68. The second-order valence-electron chi connectivity index (χ2n) is 9.35. The van der Waals surface area contributed by atoms with E-state index >= 15 is 0 Å². The molecule has 0 saturated carbocycles. The van der Waals surface area contributed by atoms with Gasteiger partial charge < -0.3 is 4.98 Å². The van der Waals surface area contributed by atoms with Crippen molar-refractivity contribution in [3.05, 3.63) is 71.9 Å². The minimum absolute atomic E-state index is 0.710. The molecule has 0 radical (unpaired) electrons. The highest BCUT2D eigenvalue weighted by molar-refractivity contribution is 7.13. The first kappa shape index (κ1) is 21.4. The van der Waals surface area contributed by atoms with Crippen LogP contribution in [0.4, 0.5) is 0 Å². The van der Waals surface area contributed by atoms with Crippen molar-refractivity contribution in [2.45, 2.75) is 25.8 Å². The van der Waals surface area contributed by atoms with Gasteiger partial charge in [0.15, 0.2) is 11.5 Å². The molecule has 6 aromatic rings. The van der Waals surface area contributed by atoms with Gasteiger partial charge in [-0.1, -0.05) is 24.6 Å². The summed E-state index contributed by atoms with van der Waals surface area (Å²) in [6.07, 6.45) is 7.77. The second-order valence-corrected chi connectivity index (χ2v) is 10.3. The van der Waals surface area contributed by atoms with Gasteiger partial charge >= 0.3 is 0 Å². The molecular weight excluding hydrogens is 466 g/mol. The molecule has 0 amide bonds. The number of imidazole rings is 1. The highest BCUT2D eigenvalue weighted by Gasteiger charge is 2.17. The maximum Gasteiger partial charge on any atom is 0.161 e. The van der Waals surface area contributed by atoms with Crippen molar-refractivity contribution >= 4 is 33.4 Å². The third-order valence-corrected chi connectivity index (χ3v) is 7.78. The lowest BCUT2D eigenvalue weighted by Gasteiger charge is -2.26. The molecule has 1 fully saturated rings. The van der Waals surface area contributed by atoms with Crippen LogP contribution in [0.25, 0.3) is 55.3 Å². The zero-order valence-corrected chi connectivity index (χ0v) is 20.6. The summed E-state index contributed by atoms with van der Waals surface area (Å²) >= 11 is 1.71. The number of pyridine rings is 2. The number of fused-ring (bicyclic) bond motifs is 2. The van der Waals surface area contributed by atoms with Crippen molar-refractivity contribution in [1.29, 1.82) is 0 Å². The van der Waals surface area contributed by atoms with Crippen LogP contribution in [0.3, 0.4) is 0 Å². The molecule has 1 aliphatic rings. The molecule has 0 aliphatic carbocycles. The van der Waals surface area contributed by atoms with Crippen LogP contribution in [-0.4, -0.2) is 48.1 Å². The zero-order chi connectivity index (χ0) is 23.9. The van der Waals surface area contributed by atoms with Crippen molar-refractivity contribution in [1.82, 2.24) is 35.0 Å². The number of aromatic amines is 2. The normalized spacial score (nSPS) is 14.7. The van der Waals surface area contributed by atoms with Crippen LogP contribution in [0.5, 0.6) is 0 Å². The Morgan fingerprint density at radius 2 is 1.83 bits per heavy atom. The Kier molecular flexibility index (Phi) is 5.33. The van der Waals surface area contributed by atoms with Crippen LogP contribution in [0, 0.1) is 0 Å². The summed E-state index contributed by atoms with van der Waals surface area (Å²) in [6, 6.07) is 16.7. The lowest BCUT2D eigenvalue weighted by molar-refractivity contribution is 0.220. The molecule has 0 unspecified atom stereocenters. The summed E-state index contributed by atoms with van der Waals surface area (Å²) in [6.45, 7) is 3.27. The molecule has 5 aromatic heterocycles. The van der Waals surface area contributed by atoms with Crippen LogP contribution < -0.4 is 0 Å². The van der Waals surface area contributed by atoms with E-state index in [1.165, 1.54) is 42.8 Å². The smallest absolute Gasteiger partial charge is 0.161 e. The fraction of sp³-hybridized carbons (Fsp3) is 0.214. The van der Waals surface area contributed by atoms with Gasteiger partial charge in [-0.3, -0.25) is 15.0 Å². The van der Waals surface area contributed by atoms with Crippen LogP contribution in [0.1, 0.15) is 24.8 Å². The van der Waals surface area contributed by atoms with Crippen molar-refractivity contribution in [3.8, 4) is 33.2 Å². The molecule has 0 bridgehead atoms. The summed E-state index contributed by atoms with van der Waals surface area (Å²) < 4.78 is 0. The number of hydrogen-bond donors (Lipinski definition) is 2. The number of aromatic nitrogens is 6. The monoisotopic (exact) mass is 491 g/mol. The summed E-state index contributed by atoms with van der Waals surface area (Å²) in [5.74, 6) is 0.710. The van der Waals surface area contributed by atoms with Gasteiger partial charge in [0.1, 0.15) is 5.52 Å². The Balaban J connectivity index is 1.26. The van der Waals surface area contributed by atoms with Gasteiger partial charge in [-0.05, 0) is 67.2 Å². The first-order chi connectivity index (χ1) is 17.8. The number of rotatable bonds is 5. The fourth-order valence-electron chi connectivity index (χ4n) is 5.09. The van der Waals surface area contributed by atoms with Crippen molar-refractivity contribution in [2.24, 2.45) is 0 Å². The molecule has 0 spiro atoms. The molecule has 2 N–H and O–H groups in total. The summed E-state index contributed by atoms with van der Waals surface area (Å²) in [7, 11) is 0. The third kappa shape index (κ3) is 3.88. The van der Waals surface area contributed by atoms with E-state index in [4.69, 9.17) is 9.97 Å². The van der Waals surface area contributed by atoms with Gasteiger partial charge in [0.25, 0.3) is 0 Å². The number of benzene rings is 1. The molecule has 1 saturated heterocycles. The first-order valence-electron chi connectivity index (χ1n) is 12.4. The van der Waals surface area contributed by atoms with Crippen LogP contribution >= 0.6 is 11.3 Å². The lowest BCUT2D eigenvalue weighted by Crippen LogP contribution is -2.29. The van der Waals surface area contributed by atoms with Crippen molar-refractivity contribution < 1.29 is 0 Å². The van der Waals surface area contributed by atoms with Gasteiger partial charge in [-0.2, -0.15) is 5.10 Å². The number of para-hydroxylation sites is 1. The summed E-state index contributed by atoms with van der Waals surface area (Å²) in [4.78, 5) is 21.7. The average molecular weight is 492 g/mol. The number of hydrogen-bond acceptors (Lipinski definition) is 6. The Morgan fingerprint density at radius 3 is 2.72 bits per heavy atom. The van der Waals surface area contributed by atoms with Crippen molar-refractivity contribution in [3.63, 3.8) is 0 Å². The topological polar surface area (TPSA) is 86.4 Å². The number of likely N-dealkylation sites (tertiary alicyclic amines) is 1. The highest BCUT2D eigenvalue weighted by atomic mass is 32.1. The number of nitrogens with zero attached hydrogens (tertiary/aromatic N) is 5. The molecule has 178 valence electrons. The molecule has 7 rings (SSSR count). The Labute approximate surface area is 212 Å². The van der Waals surface area contributed by atoms with E-state index in [1.54, 1.807) is 11.3 Å². The quantitative estimate of drug-likeness (QED) is 0.296. The summed E-state index contributed by atoms with van der Waals surface area (Å²) in [5.41, 5.74) is 8.57. The van der Waals surface area contributed by atoms with E-state index in [2.05, 4.69) is 66.8 Å². The minimum atomic E-state index is 0.710. The summed E-state index contributed by atoms with van der Waals surface area (Å²) in [5, 5.41) is 9.79. The zero-order valence-electron chi connectivity index (χ0n) is 19.7. The molecule has 8 heteroatoms. The van der Waals surface area contributed by atoms with Gasteiger partial charge in [0.2, 0.25) is 0 Å². The standard InChI is InChI=1S/C28H25N7S/c1-2-11-35(12-3-1)17-18-14-19(16-29-15-18)21-9-10-23-26(30-21)27(34-33-23)28-31-22-7-4-6-20(25(22)32-28)24-8-5-13-36-24/h4-10,13-16H,1-3,11-12,17H2,(H,31,32)(H,33,34). The molecule has 1 aliphatic heterocycles. The second kappa shape index (κ2) is 8.96. The molecule has 1 aromatic carbocycles. The maximum atomic E-state index is 5.01. The van der Waals surface area contributed by atoms with E-state index in [0.29, 0.717) is 5.82 Å². The molecule has 6 heterocycles. The van der Waals surface area contributed by atoms with Crippen molar-refractivity contribution in [2.75, 3.05) is 13.1 Å². The molecular formula is C28H25N7S. The minimum Gasteiger partial charge on any atom is -0.336 e. The van der Waals surface area contributed by atoms with Crippen LogP contribution in [0.2, 0.25) is 0 Å². The van der Waals surface area contributed by atoms with E-state index in [1.807, 2.05) is 24.5 Å². The van der Waals surface area contributed by atoms with Crippen LogP contribution in [-0.2, 0) is 6.54 Å². The highest BCUT2D eigenvalue weighted by Crippen LogP contribution is 2.33. The molecule has 7 nitrogen and oxygen atoms in total. The SMILES string of the molecule is c1csc(-c2cccc3[nH]c(-c4n[nH]c5ccc(-c6cncc(CN7CCCCC7)c6)nc45)nc23)c1. The largest absolute Gasteiger partial charge is 0.336 e. The Bertz CT molecular complexity index is 1660. The third-order valence-electron chi connectivity index (χ3n) is 6.88.